The molecule has 0 atom stereocenters. The van der Waals surface area contributed by atoms with E-state index >= 15 is 0 Å². The van der Waals surface area contributed by atoms with Gasteiger partial charge in [0, 0.05) is 12.3 Å². The molecule has 1 aromatic carbocycles. The summed E-state index contributed by atoms with van der Waals surface area (Å²) in [5.74, 6) is 0.811. The smallest absolute Gasteiger partial charge is 0.121 e. The largest absolute Gasteiger partial charge is 0.497 e. The molecule has 0 saturated heterocycles. The van der Waals surface area contributed by atoms with Crippen LogP contribution in [-0.2, 0) is 0 Å². The van der Waals surface area contributed by atoms with Crippen LogP contribution in [0.25, 0.3) is 5.69 Å². The third-order valence-electron chi connectivity index (χ3n) is 2.26. The molecule has 0 bridgehead atoms. The van der Waals surface area contributed by atoms with Gasteiger partial charge in [-0.05, 0) is 31.5 Å². The summed E-state index contributed by atoms with van der Waals surface area (Å²) in [7, 11) is 1.65. The summed E-state index contributed by atoms with van der Waals surface area (Å²) in [4.78, 5) is 0. The first-order valence-corrected chi connectivity index (χ1v) is 4.73. The minimum absolute atomic E-state index is 0.811. The first kappa shape index (κ1) is 9.77. The molecule has 0 aliphatic heterocycles. The zero-order chi connectivity index (χ0) is 10.8. The molecular formula is C12H13N2O. The summed E-state index contributed by atoms with van der Waals surface area (Å²) in [6.45, 7) is 5.92. The van der Waals surface area contributed by atoms with Crippen molar-refractivity contribution in [2.75, 3.05) is 7.11 Å². The summed E-state index contributed by atoms with van der Waals surface area (Å²) >= 11 is 0. The molecule has 0 aliphatic rings. The molecule has 0 aliphatic carbocycles. The second-order valence-corrected chi connectivity index (χ2v) is 3.40. The second-order valence-electron chi connectivity index (χ2n) is 3.40. The van der Waals surface area contributed by atoms with E-state index in [0.717, 1.165) is 22.7 Å². The minimum Gasteiger partial charge on any atom is -0.497 e. The lowest BCUT2D eigenvalue weighted by molar-refractivity contribution is 0.414. The fourth-order valence-electron chi connectivity index (χ4n) is 1.43. The lowest BCUT2D eigenvalue weighted by Crippen LogP contribution is -1.98. The molecule has 2 aromatic rings. The van der Waals surface area contributed by atoms with Crippen LogP contribution in [0.2, 0.25) is 0 Å². The minimum atomic E-state index is 0.811. The van der Waals surface area contributed by atoms with Crippen LogP contribution < -0.4 is 4.74 Å². The van der Waals surface area contributed by atoms with E-state index in [2.05, 4.69) is 12.0 Å². The Morgan fingerprint density at radius 2 is 2.13 bits per heavy atom. The molecule has 0 saturated carbocycles. The van der Waals surface area contributed by atoms with Crippen LogP contribution in [0.3, 0.4) is 0 Å². The Labute approximate surface area is 89.3 Å². The highest BCUT2D eigenvalue weighted by Crippen LogP contribution is 2.20. The lowest BCUT2D eigenvalue weighted by Gasteiger charge is -2.07. The van der Waals surface area contributed by atoms with Crippen molar-refractivity contribution in [1.29, 1.82) is 0 Å². The van der Waals surface area contributed by atoms with Gasteiger partial charge in [0.15, 0.2) is 0 Å². The zero-order valence-electron chi connectivity index (χ0n) is 8.90. The number of aryl methyl sites for hydroxylation is 1. The van der Waals surface area contributed by atoms with Gasteiger partial charge in [-0.3, -0.25) is 0 Å². The third kappa shape index (κ3) is 1.86. The Morgan fingerprint density at radius 1 is 1.33 bits per heavy atom. The van der Waals surface area contributed by atoms with E-state index in [0.29, 0.717) is 0 Å². The van der Waals surface area contributed by atoms with Crippen LogP contribution in [0.5, 0.6) is 5.75 Å². The van der Waals surface area contributed by atoms with Crippen molar-refractivity contribution < 1.29 is 4.74 Å². The molecule has 0 amide bonds. The molecular weight excluding hydrogens is 188 g/mol. The van der Waals surface area contributed by atoms with Gasteiger partial charge in [-0.15, -0.1) is 0 Å². The highest BCUT2D eigenvalue weighted by molar-refractivity contribution is 5.47. The number of nitrogens with zero attached hydrogens (tertiary/aromatic N) is 2. The van der Waals surface area contributed by atoms with Crippen LogP contribution in [0, 0.1) is 13.8 Å². The van der Waals surface area contributed by atoms with Crippen LogP contribution in [-0.4, -0.2) is 16.9 Å². The van der Waals surface area contributed by atoms with Gasteiger partial charge in [-0.2, -0.15) is 5.10 Å². The highest BCUT2D eigenvalue weighted by atomic mass is 16.5. The van der Waals surface area contributed by atoms with Gasteiger partial charge >= 0.3 is 0 Å². The monoisotopic (exact) mass is 201 g/mol. The fourth-order valence-corrected chi connectivity index (χ4v) is 1.43. The average molecular weight is 201 g/mol. The molecule has 0 fully saturated rings. The molecule has 2 rings (SSSR count). The van der Waals surface area contributed by atoms with Crippen LogP contribution in [0.1, 0.15) is 11.3 Å². The third-order valence-corrected chi connectivity index (χ3v) is 2.26. The van der Waals surface area contributed by atoms with E-state index in [1.807, 2.05) is 37.4 Å². The number of rotatable bonds is 2. The number of ether oxygens (including phenoxy) is 1. The first-order valence-electron chi connectivity index (χ1n) is 4.73. The molecule has 1 heterocycles. The summed E-state index contributed by atoms with van der Waals surface area (Å²) in [5, 5.41) is 4.34. The van der Waals surface area contributed by atoms with E-state index in [1.165, 1.54) is 0 Å². The molecule has 0 N–H and O–H groups in total. The van der Waals surface area contributed by atoms with E-state index < -0.39 is 0 Å². The van der Waals surface area contributed by atoms with Gasteiger partial charge in [0.1, 0.15) is 5.75 Å². The van der Waals surface area contributed by atoms with E-state index in [1.54, 1.807) is 11.8 Å². The number of benzene rings is 1. The van der Waals surface area contributed by atoms with E-state index in [-0.39, 0.29) is 0 Å². The fraction of sp³-hybridized carbons (Fsp3) is 0.167. The maximum atomic E-state index is 5.17. The van der Waals surface area contributed by atoms with Gasteiger partial charge in [-0.1, -0.05) is 6.07 Å². The number of methoxy groups -OCH3 is 1. The summed E-state index contributed by atoms with van der Waals surface area (Å²) in [5.41, 5.74) is 2.86. The predicted octanol–water partition coefficient (Wildman–Crippen LogP) is 2.37. The van der Waals surface area contributed by atoms with Gasteiger partial charge in [0.25, 0.3) is 0 Å². The van der Waals surface area contributed by atoms with Gasteiger partial charge < -0.3 is 4.74 Å². The Kier molecular flexibility index (Phi) is 2.46. The summed E-state index contributed by atoms with van der Waals surface area (Å²) < 4.78 is 6.97. The van der Waals surface area contributed by atoms with Gasteiger partial charge in [0.2, 0.25) is 0 Å². The normalized spacial score (nSPS) is 10.3. The Hall–Kier alpha value is -1.77. The maximum Gasteiger partial charge on any atom is 0.121 e. The van der Waals surface area contributed by atoms with Crippen molar-refractivity contribution >= 4 is 0 Å². The first-order chi connectivity index (χ1) is 7.20. The average Bonchev–Trinajstić information content (AvgIpc) is 2.65. The molecule has 15 heavy (non-hydrogen) atoms. The Morgan fingerprint density at radius 3 is 2.73 bits per heavy atom. The van der Waals surface area contributed by atoms with Crippen LogP contribution in [0.15, 0.2) is 30.5 Å². The van der Waals surface area contributed by atoms with Crippen molar-refractivity contribution in [3.63, 3.8) is 0 Å². The molecule has 1 radical (unpaired) electrons. The van der Waals surface area contributed by atoms with Crippen molar-refractivity contribution in [1.82, 2.24) is 9.78 Å². The maximum absolute atomic E-state index is 5.17. The van der Waals surface area contributed by atoms with Crippen molar-refractivity contribution in [3.05, 3.63) is 48.6 Å². The molecule has 77 valence electrons. The van der Waals surface area contributed by atoms with Crippen molar-refractivity contribution in [3.8, 4) is 11.4 Å². The molecule has 0 spiro atoms. The Balaban J connectivity index is 2.51. The van der Waals surface area contributed by atoms with Crippen LogP contribution >= 0.6 is 0 Å². The number of aromatic nitrogens is 2. The zero-order valence-corrected chi connectivity index (χ0v) is 8.90. The lowest BCUT2D eigenvalue weighted by atomic mass is 10.2. The standard InChI is InChI=1S/C12H13N2O/c1-9-4-5-11(15-3)8-12(9)14-7-6-10(2)13-14/h4-8H,1H2,2-3H3. The number of hydrogen-bond acceptors (Lipinski definition) is 2. The highest BCUT2D eigenvalue weighted by Gasteiger charge is 2.03. The van der Waals surface area contributed by atoms with E-state index in [4.69, 9.17) is 4.74 Å². The molecule has 1 aromatic heterocycles. The predicted molar refractivity (Wildman–Crippen MR) is 59.3 cm³/mol. The SMILES string of the molecule is [CH2]c1ccc(OC)cc1-n1ccc(C)n1. The number of hydrogen-bond donors (Lipinski definition) is 0. The second kappa shape index (κ2) is 3.77. The summed E-state index contributed by atoms with van der Waals surface area (Å²) in [6.07, 6.45) is 1.92. The topological polar surface area (TPSA) is 27.1 Å². The van der Waals surface area contributed by atoms with E-state index in [9.17, 15) is 0 Å². The Bertz CT molecular complexity index is 474. The van der Waals surface area contributed by atoms with Crippen LogP contribution in [0.4, 0.5) is 0 Å². The van der Waals surface area contributed by atoms with Crippen molar-refractivity contribution in [2.45, 2.75) is 6.92 Å². The summed E-state index contributed by atoms with van der Waals surface area (Å²) in [6, 6.07) is 7.70. The molecule has 3 heteroatoms. The quantitative estimate of drug-likeness (QED) is 0.745. The molecule has 0 unspecified atom stereocenters. The molecule has 3 nitrogen and oxygen atoms in total. The van der Waals surface area contributed by atoms with Gasteiger partial charge in [0.05, 0.1) is 18.5 Å². The van der Waals surface area contributed by atoms with Crippen molar-refractivity contribution in [2.24, 2.45) is 0 Å². The van der Waals surface area contributed by atoms with Gasteiger partial charge in [-0.25, -0.2) is 4.68 Å².